The summed E-state index contributed by atoms with van der Waals surface area (Å²) in [7, 11) is 0. The van der Waals surface area contributed by atoms with E-state index in [9.17, 15) is 4.79 Å². The molecule has 1 fully saturated rings. The molecule has 2 rings (SSSR count). The molecule has 1 aliphatic rings. The summed E-state index contributed by atoms with van der Waals surface area (Å²) in [5.74, 6) is 0. The molecule has 0 unspecified atom stereocenters. The fourth-order valence-electron chi connectivity index (χ4n) is 2.04. The van der Waals surface area contributed by atoms with E-state index in [0.717, 1.165) is 18.8 Å². The van der Waals surface area contributed by atoms with Gasteiger partial charge in [-0.1, -0.05) is 0 Å². The molecule has 2 heterocycles. The molecule has 1 saturated heterocycles. The summed E-state index contributed by atoms with van der Waals surface area (Å²) in [5, 5.41) is 4.13. The van der Waals surface area contributed by atoms with Crippen LogP contribution in [0.5, 0.6) is 0 Å². The summed E-state index contributed by atoms with van der Waals surface area (Å²) in [4.78, 5) is 13.9. The third-order valence-electron chi connectivity index (χ3n) is 2.92. The van der Waals surface area contributed by atoms with E-state index in [2.05, 4.69) is 10.00 Å². The number of hydrogen-bond donors (Lipinski definition) is 1. The minimum Gasteiger partial charge on any atom is -0.370 e. The van der Waals surface area contributed by atoms with Gasteiger partial charge in [0.15, 0.2) is 0 Å². The van der Waals surface area contributed by atoms with Crippen molar-refractivity contribution in [3.05, 3.63) is 22.6 Å². The summed E-state index contributed by atoms with van der Waals surface area (Å²) in [6.07, 6.45) is 5.45. The second-order valence-corrected chi connectivity index (χ2v) is 4.11. The van der Waals surface area contributed by atoms with Crippen LogP contribution in [0.4, 0.5) is 5.69 Å². The number of aromatic nitrogens is 2. The van der Waals surface area contributed by atoms with Gasteiger partial charge in [0, 0.05) is 25.7 Å². The molecule has 0 spiro atoms. The van der Waals surface area contributed by atoms with Crippen LogP contribution in [0.2, 0.25) is 0 Å². The molecule has 5 nitrogen and oxygen atoms in total. The zero-order chi connectivity index (χ0) is 11.4. The SMILES string of the molecule is NCCn1ncc(N2CCCCC2)cc1=O. The van der Waals surface area contributed by atoms with Crippen LogP contribution in [0.1, 0.15) is 19.3 Å². The predicted octanol–water partition coefficient (Wildman–Crippen LogP) is 0.192. The minimum absolute atomic E-state index is 0.0616. The first kappa shape index (κ1) is 11.1. The highest BCUT2D eigenvalue weighted by atomic mass is 16.1. The first-order valence-corrected chi connectivity index (χ1v) is 5.83. The highest BCUT2D eigenvalue weighted by Crippen LogP contribution is 2.16. The van der Waals surface area contributed by atoms with Gasteiger partial charge in [-0.15, -0.1) is 0 Å². The molecular formula is C11H18N4O. The lowest BCUT2D eigenvalue weighted by Gasteiger charge is -2.28. The van der Waals surface area contributed by atoms with Crippen molar-refractivity contribution in [1.29, 1.82) is 0 Å². The van der Waals surface area contributed by atoms with Gasteiger partial charge in [-0.3, -0.25) is 4.79 Å². The average Bonchev–Trinajstić information content (AvgIpc) is 2.33. The minimum atomic E-state index is -0.0616. The van der Waals surface area contributed by atoms with Crippen molar-refractivity contribution in [2.24, 2.45) is 5.73 Å². The maximum absolute atomic E-state index is 11.7. The van der Waals surface area contributed by atoms with Crippen molar-refractivity contribution in [3.63, 3.8) is 0 Å². The molecule has 0 amide bonds. The standard InChI is InChI=1S/C11H18N4O/c12-4-7-15-11(16)8-10(9-13-15)14-5-2-1-3-6-14/h8-9H,1-7,12H2. The molecule has 1 aromatic heterocycles. The Kier molecular flexibility index (Phi) is 3.56. The van der Waals surface area contributed by atoms with Gasteiger partial charge < -0.3 is 10.6 Å². The monoisotopic (exact) mass is 222 g/mol. The maximum Gasteiger partial charge on any atom is 0.268 e. The van der Waals surface area contributed by atoms with E-state index in [0.29, 0.717) is 13.1 Å². The molecule has 1 aromatic rings. The van der Waals surface area contributed by atoms with Crippen molar-refractivity contribution in [2.45, 2.75) is 25.8 Å². The molecule has 0 radical (unpaired) electrons. The van der Waals surface area contributed by atoms with Crippen molar-refractivity contribution < 1.29 is 0 Å². The van der Waals surface area contributed by atoms with Crippen LogP contribution < -0.4 is 16.2 Å². The first-order chi connectivity index (χ1) is 7.81. The van der Waals surface area contributed by atoms with Crippen molar-refractivity contribution >= 4 is 5.69 Å². The van der Waals surface area contributed by atoms with Crippen LogP contribution in [0.25, 0.3) is 0 Å². The lowest BCUT2D eigenvalue weighted by molar-refractivity contribution is 0.563. The number of anilines is 1. The zero-order valence-electron chi connectivity index (χ0n) is 9.43. The summed E-state index contributed by atoms with van der Waals surface area (Å²) in [5.41, 5.74) is 6.28. The molecule has 2 N–H and O–H groups in total. The smallest absolute Gasteiger partial charge is 0.268 e. The van der Waals surface area contributed by atoms with E-state index >= 15 is 0 Å². The summed E-state index contributed by atoms with van der Waals surface area (Å²) < 4.78 is 1.41. The van der Waals surface area contributed by atoms with Crippen LogP contribution in [0.15, 0.2) is 17.1 Å². The fourth-order valence-corrected chi connectivity index (χ4v) is 2.04. The second kappa shape index (κ2) is 5.12. The van der Waals surface area contributed by atoms with Gasteiger partial charge in [0.1, 0.15) is 0 Å². The van der Waals surface area contributed by atoms with E-state index in [1.54, 1.807) is 12.3 Å². The number of nitrogens with two attached hydrogens (primary N) is 1. The maximum atomic E-state index is 11.7. The number of rotatable bonds is 3. The average molecular weight is 222 g/mol. The van der Waals surface area contributed by atoms with E-state index in [-0.39, 0.29) is 5.56 Å². The first-order valence-electron chi connectivity index (χ1n) is 5.83. The van der Waals surface area contributed by atoms with Crippen LogP contribution in [-0.4, -0.2) is 29.4 Å². The third-order valence-corrected chi connectivity index (χ3v) is 2.92. The Morgan fingerprint density at radius 3 is 2.69 bits per heavy atom. The Labute approximate surface area is 94.9 Å². The summed E-state index contributed by atoms with van der Waals surface area (Å²) in [6.45, 7) is 2.99. The molecule has 0 atom stereocenters. The second-order valence-electron chi connectivity index (χ2n) is 4.11. The normalized spacial score (nSPS) is 16.4. The Bertz CT molecular complexity index is 395. The van der Waals surface area contributed by atoms with Crippen molar-refractivity contribution in [3.8, 4) is 0 Å². The van der Waals surface area contributed by atoms with E-state index in [1.807, 2.05) is 0 Å². The van der Waals surface area contributed by atoms with E-state index in [4.69, 9.17) is 5.73 Å². The van der Waals surface area contributed by atoms with E-state index < -0.39 is 0 Å². The zero-order valence-corrected chi connectivity index (χ0v) is 9.43. The molecule has 16 heavy (non-hydrogen) atoms. The van der Waals surface area contributed by atoms with Crippen LogP contribution in [0, 0.1) is 0 Å². The Morgan fingerprint density at radius 2 is 2.06 bits per heavy atom. The third kappa shape index (κ3) is 2.41. The number of nitrogens with zero attached hydrogens (tertiary/aromatic N) is 3. The molecule has 5 heteroatoms. The fraction of sp³-hybridized carbons (Fsp3) is 0.636. The highest BCUT2D eigenvalue weighted by Gasteiger charge is 2.12. The summed E-state index contributed by atoms with van der Waals surface area (Å²) >= 11 is 0. The number of piperidine rings is 1. The molecule has 88 valence electrons. The van der Waals surface area contributed by atoms with Crippen LogP contribution in [0.3, 0.4) is 0 Å². The van der Waals surface area contributed by atoms with Gasteiger partial charge in [0.25, 0.3) is 5.56 Å². The van der Waals surface area contributed by atoms with Crippen molar-refractivity contribution in [2.75, 3.05) is 24.5 Å². The van der Waals surface area contributed by atoms with Crippen molar-refractivity contribution in [1.82, 2.24) is 9.78 Å². The van der Waals surface area contributed by atoms with Gasteiger partial charge >= 0.3 is 0 Å². The molecular weight excluding hydrogens is 204 g/mol. The topological polar surface area (TPSA) is 64.2 Å². The van der Waals surface area contributed by atoms with Gasteiger partial charge in [0.05, 0.1) is 18.4 Å². The summed E-state index contributed by atoms with van der Waals surface area (Å²) in [6, 6.07) is 1.66. The van der Waals surface area contributed by atoms with Crippen LogP contribution in [-0.2, 0) is 6.54 Å². The molecule has 0 aromatic carbocycles. The Balaban J connectivity index is 2.16. The Morgan fingerprint density at radius 1 is 1.31 bits per heavy atom. The predicted molar refractivity (Wildman–Crippen MR) is 63.6 cm³/mol. The van der Waals surface area contributed by atoms with Crippen LogP contribution >= 0.6 is 0 Å². The van der Waals surface area contributed by atoms with E-state index in [1.165, 1.54) is 23.9 Å². The van der Waals surface area contributed by atoms with Gasteiger partial charge in [-0.25, -0.2) is 4.68 Å². The molecule has 0 aliphatic carbocycles. The lowest BCUT2D eigenvalue weighted by atomic mass is 10.1. The van der Waals surface area contributed by atoms with Gasteiger partial charge in [-0.05, 0) is 19.3 Å². The molecule has 0 saturated carbocycles. The Hall–Kier alpha value is -1.36. The lowest BCUT2D eigenvalue weighted by Crippen LogP contribution is -2.32. The van der Waals surface area contributed by atoms with Gasteiger partial charge in [0.2, 0.25) is 0 Å². The molecule has 1 aliphatic heterocycles. The largest absolute Gasteiger partial charge is 0.370 e. The number of hydrogen-bond acceptors (Lipinski definition) is 4. The highest BCUT2D eigenvalue weighted by molar-refractivity contribution is 5.43. The van der Waals surface area contributed by atoms with Gasteiger partial charge in [-0.2, -0.15) is 5.10 Å². The quantitative estimate of drug-likeness (QED) is 0.793. The molecule has 0 bridgehead atoms.